The Morgan fingerprint density at radius 3 is 2.67 bits per heavy atom. The predicted octanol–water partition coefficient (Wildman–Crippen LogP) is 3.75. The first kappa shape index (κ1) is 21.5. The molecule has 1 aliphatic carbocycles. The second-order valence-corrected chi connectivity index (χ2v) is 9.25. The number of benzene rings is 1. The summed E-state index contributed by atoms with van der Waals surface area (Å²) in [7, 11) is 1.43. The van der Waals surface area contributed by atoms with E-state index < -0.39 is 27.7 Å². The lowest BCUT2D eigenvalue weighted by molar-refractivity contribution is 0.289. The first-order valence-electron chi connectivity index (χ1n) is 9.84. The van der Waals surface area contributed by atoms with Crippen molar-refractivity contribution in [1.29, 1.82) is 0 Å². The summed E-state index contributed by atoms with van der Waals surface area (Å²) in [6.07, 6.45) is 4.16. The molecule has 0 amide bonds. The van der Waals surface area contributed by atoms with Crippen molar-refractivity contribution in [2.24, 2.45) is 10.7 Å². The number of nitrogens with zero attached hydrogens (tertiary/aromatic N) is 3. The Hall–Kier alpha value is -3.31. The van der Waals surface area contributed by atoms with Gasteiger partial charge in [0.25, 0.3) is 0 Å². The van der Waals surface area contributed by atoms with Gasteiger partial charge in [0.05, 0.1) is 30.9 Å². The minimum absolute atomic E-state index is 0.0594. The third-order valence-corrected chi connectivity index (χ3v) is 6.96. The number of aliphatic hydroxyl groups excluding tert-OH is 1. The monoisotopic (exact) mass is 473 g/mol. The molecule has 0 saturated carbocycles. The van der Waals surface area contributed by atoms with Crippen molar-refractivity contribution in [3.63, 3.8) is 0 Å². The van der Waals surface area contributed by atoms with E-state index in [4.69, 9.17) is 10.5 Å². The Bertz CT molecular complexity index is 1380. The smallest absolute Gasteiger partial charge is 0.164 e. The average Bonchev–Trinajstić information content (AvgIpc) is 3.53. The van der Waals surface area contributed by atoms with Gasteiger partial charge in [-0.05, 0) is 24.6 Å². The van der Waals surface area contributed by atoms with Crippen LogP contribution >= 0.6 is 11.8 Å². The van der Waals surface area contributed by atoms with E-state index in [0.29, 0.717) is 11.3 Å². The number of halogens is 3. The quantitative estimate of drug-likeness (QED) is 0.485. The molecule has 5 rings (SSSR count). The topological polar surface area (TPSA) is 106 Å². The molecule has 7 nitrogen and oxygen atoms in total. The number of methoxy groups -OCH3 is 1. The summed E-state index contributed by atoms with van der Waals surface area (Å²) in [6, 6.07) is 3.83. The molecule has 0 bridgehead atoms. The summed E-state index contributed by atoms with van der Waals surface area (Å²) in [5.74, 6) is -2.29. The molecule has 0 saturated heterocycles. The first-order chi connectivity index (χ1) is 15.7. The molecule has 1 aromatic carbocycles. The van der Waals surface area contributed by atoms with Crippen molar-refractivity contribution in [3.05, 3.63) is 65.3 Å². The number of anilines is 2. The number of ether oxygens (including phenoxy) is 1. The average molecular weight is 473 g/mol. The minimum Gasteiger partial charge on any atom is -0.495 e. The number of hydrogen-bond acceptors (Lipinski definition) is 8. The Kier molecular flexibility index (Phi) is 4.80. The third kappa shape index (κ3) is 3.30. The van der Waals surface area contributed by atoms with E-state index in [-0.39, 0.29) is 39.7 Å². The SMILES string of the molecule is COc1cnc2c(Nc3cc(F)c(F)c([C@@]4(C)N=C(N)S[C@@]5(CO)C=C54)c3)ncc(F)c2c1. The molecule has 0 radical (unpaired) electrons. The van der Waals surface area contributed by atoms with Crippen LogP contribution in [0.4, 0.5) is 24.7 Å². The van der Waals surface area contributed by atoms with Crippen LogP contribution in [0.2, 0.25) is 0 Å². The fraction of sp³-hybridized carbons (Fsp3) is 0.227. The molecule has 2 atom stereocenters. The molecule has 0 spiro atoms. The second kappa shape index (κ2) is 7.35. The lowest BCUT2D eigenvalue weighted by Crippen LogP contribution is -2.36. The van der Waals surface area contributed by atoms with Crippen molar-refractivity contribution >= 4 is 39.3 Å². The van der Waals surface area contributed by atoms with Gasteiger partial charge in [0, 0.05) is 22.7 Å². The number of hydrogen-bond donors (Lipinski definition) is 3. The van der Waals surface area contributed by atoms with Crippen LogP contribution in [0, 0.1) is 17.5 Å². The van der Waals surface area contributed by atoms with Crippen molar-refractivity contribution in [3.8, 4) is 5.75 Å². The number of aliphatic imine (C=N–C) groups is 1. The van der Waals surface area contributed by atoms with Crippen LogP contribution in [0.3, 0.4) is 0 Å². The highest BCUT2D eigenvalue weighted by Crippen LogP contribution is 2.60. The fourth-order valence-corrected chi connectivity index (χ4v) is 5.27. The van der Waals surface area contributed by atoms with Gasteiger partial charge >= 0.3 is 0 Å². The summed E-state index contributed by atoms with van der Waals surface area (Å²) in [6.45, 7) is 1.38. The van der Waals surface area contributed by atoms with Crippen LogP contribution < -0.4 is 15.8 Å². The molecule has 2 aromatic heterocycles. The van der Waals surface area contributed by atoms with Crippen molar-refractivity contribution < 1.29 is 23.0 Å². The van der Waals surface area contributed by atoms with Gasteiger partial charge in [-0.1, -0.05) is 17.8 Å². The molecule has 33 heavy (non-hydrogen) atoms. The van der Waals surface area contributed by atoms with Crippen LogP contribution in [0.1, 0.15) is 12.5 Å². The Labute approximate surface area is 190 Å². The number of rotatable bonds is 5. The number of nitrogens with one attached hydrogen (secondary N) is 1. The maximum Gasteiger partial charge on any atom is 0.164 e. The van der Waals surface area contributed by atoms with Gasteiger partial charge in [-0.2, -0.15) is 0 Å². The first-order valence-corrected chi connectivity index (χ1v) is 10.7. The zero-order valence-electron chi connectivity index (χ0n) is 17.5. The summed E-state index contributed by atoms with van der Waals surface area (Å²) in [5, 5.41) is 13.0. The normalized spacial score (nSPS) is 23.6. The van der Waals surface area contributed by atoms with Crippen molar-refractivity contribution in [1.82, 2.24) is 9.97 Å². The van der Waals surface area contributed by atoms with Gasteiger partial charge in [0.2, 0.25) is 0 Å². The molecule has 4 N–H and O–H groups in total. The van der Waals surface area contributed by atoms with Crippen molar-refractivity contribution in [2.45, 2.75) is 17.2 Å². The maximum absolute atomic E-state index is 15.0. The molecule has 2 aliphatic rings. The molecular weight excluding hydrogens is 455 g/mol. The highest BCUT2D eigenvalue weighted by atomic mass is 32.2. The number of amidine groups is 1. The largest absolute Gasteiger partial charge is 0.495 e. The summed E-state index contributed by atoms with van der Waals surface area (Å²) >= 11 is 1.17. The molecule has 3 heterocycles. The maximum atomic E-state index is 15.0. The number of aromatic nitrogens is 2. The molecule has 1 aliphatic heterocycles. The van der Waals surface area contributed by atoms with Gasteiger partial charge in [0.15, 0.2) is 28.4 Å². The van der Waals surface area contributed by atoms with Crippen LogP contribution in [0.25, 0.3) is 10.9 Å². The highest BCUT2D eigenvalue weighted by Gasteiger charge is 2.58. The number of pyridine rings is 2. The molecule has 11 heteroatoms. The fourth-order valence-electron chi connectivity index (χ4n) is 4.12. The second-order valence-electron chi connectivity index (χ2n) is 7.90. The number of aliphatic hydroxyl groups is 1. The van der Waals surface area contributed by atoms with Gasteiger partial charge in [-0.15, -0.1) is 0 Å². The third-order valence-electron chi connectivity index (χ3n) is 5.83. The van der Waals surface area contributed by atoms with Crippen molar-refractivity contribution in [2.75, 3.05) is 19.0 Å². The number of fused-ring (bicyclic) bond motifs is 2. The molecular formula is C22H18F3N5O2S. The number of nitrogens with two attached hydrogens (primary N) is 1. The van der Waals surface area contributed by atoms with Crippen LogP contribution in [0.5, 0.6) is 5.75 Å². The zero-order chi connectivity index (χ0) is 23.5. The zero-order valence-corrected chi connectivity index (χ0v) is 18.3. The molecule has 170 valence electrons. The minimum atomic E-state index is -1.30. The predicted molar refractivity (Wildman–Crippen MR) is 120 cm³/mol. The van der Waals surface area contributed by atoms with Crippen LogP contribution in [-0.2, 0) is 5.54 Å². The van der Waals surface area contributed by atoms with E-state index in [1.807, 2.05) is 0 Å². The van der Waals surface area contributed by atoms with Gasteiger partial charge in [0.1, 0.15) is 16.8 Å². The van der Waals surface area contributed by atoms with Crippen LogP contribution in [0.15, 0.2) is 47.2 Å². The molecule has 0 unspecified atom stereocenters. The van der Waals surface area contributed by atoms with E-state index in [1.165, 1.54) is 37.2 Å². The van der Waals surface area contributed by atoms with Gasteiger partial charge in [-0.3, -0.25) is 0 Å². The summed E-state index contributed by atoms with van der Waals surface area (Å²) in [5.41, 5.74) is 5.58. The standard InChI is InChI=1S/C22H18F3N5O2S/c1-21(16-6-22(16,9-31)33-20(26)30-21)13-3-10(4-14(23)17(13)25)29-19-18-12(15(24)8-28-19)5-11(32-2)7-27-18/h3-8,31H,9H2,1-2H3,(H2,26,30)(H,28,29)/t21-,22-/m1/s1. The lowest BCUT2D eigenvalue weighted by Gasteiger charge is -2.33. The summed E-state index contributed by atoms with van der Waals surface area (Å²) in [4.78, 5) is 12.6. The van der Waals surface area contributed by atoms with E-state index in [1.54, 1.807) is 13.0 Å². The van der Waals surface area contributed by atoms with Gasteiger partial charge < -0.3 is 20.9 Å². The highest BCUT2D eigenvalue weighted by molar-refractivity contribution is 8.15. The lowest BCUT2D eigenvalue weighted by atomic mass is 9.86. The van der Waals surface area contributed by atoms with E-state index in [9.17, 15) is 18.3 Å². The number of thioether (sulfide) groups is 1. The van der Waals surface area contributed by atoms with E-state index >= 15 is 0 Å². The van der Waals surface area contributed by atoms with Gasteiger partial charge in [-0.25, -0.2) is 28.1 Å². The Morgan fingerprint density at radius 2 is 1.94 bits per heavy atom. The Balaban J connectivity index is 1.60. The van der Waals surface area contributed by atoms with E-state index in [2.05, 4.69) is 20.3 Å². The molecule has 0 fully saturated rings. The Morgan fingerprint density at radius 1 is 1.15 bits per heavy atom. The van der Waals surface area contributed by atoms with Crippen LogP contribution in [-0.4, -0.2) is 38.7 Å². The van der Waals surface area contributed by atoms with E-state index in [0.717, 1.165) is 12.3 Å². The molecule has 3 aromatic rings. The summed E-state index contributed by atoms with van der Waals surface area (Å²) < 4.78 is 48.3.